The highest BCUT2D eigenvalue weighted by atomic mass is 15.4. The van der Waals surface area contributed by atoms with E-state index in [0.717, 1.165) is 6.04 Å². The van der Waals surface area contributed by atoms with Crippen molar-refractivity contribution in [2.75, 3.05) is 6.54 Å². The van der Waals surface area contributed by atoms with Gasteiger partial charge in [-0.3, -0.25) is 4.90 Å². The molecule has 0 saturated carbocycles. The molecule has 8 heavy (non-hydrogen) atoms. The monoisotopic (exact) mass is 109 g/mol. The molecule has 1 nitrogen and oxygen atoms in total. The maximum Gasteiger partial charge on any atom is 0.0551 e. The van der Waals surface area contributed by atoms with Crippen LogP contribution in [0.3, 0.4) is 0 Å². The first-order valence-electron chi connectivity index (χ1n) is 3.19. The SMILES string of the molecule is CC1CN1C1(C)C=C1. The van der Waals surface area contributed by atoms with E-state index in [0.29, 0.717) is 5.54 Å². The minimum absolute atomic E-state index is 0.416. The Labute approximate surface area is 50.0 Å². The fourth-order valence-electron chi connectivity index (χ4n) is 1.22. The standard InChI is InChI=1S/C7H11N/c1-6-5-8(6)7(2)3-4-7/h3-4,6H,5H2,1-2H3. The van der Waals surface area contributed by atoms with Gasteiger partial charge in [-0.05, 0) is 13.8 Å². The zero-order valence-electron chi connectivity index (χ0n) is 5.39. The molecular weight excluding hydrogens is 98.1 g/mol. The van der Waals surface area contributed by atoms with E-state index in [1.54, 1.807) is 0 Å². The summed E-state index contributed by atoms with van der Waals surface area (Å²) in [4.78, 5) is 2.48. The predicted octanol–water partition coefficient (Wildman–Crippen LogP) is 1.02. The van der Waals surface area contributed by atoms with Crippen LogP contribution in [0.15, 0.2) is 12.2 Å². The highest BCUT2D eigenvalue weighted by Crippen LogP contribution is 2.38. The number of rotatable bonds is 1. The third kappa shape index (κ3) is 0.451. The summed E-state index contributed by atoms with van der Waals surface area (Å²) in [6, 6.07) is 0.843. The van der Waals surface area contributed by atoms with Crippen molar-refractivity contribution in [3.63, 3.8) is 0 Å². The number of hydrogen-bond donors (Lipinski definition) is 0. The highest BCUT2D eigenvalue weighted by Gasteiger charge is 2.46. The lowest BCUT2D eigenvalue weighted by Gasteiger charge is -2.09. The number of hydrogen-bond acceptors (Lipinski definition) is 1. The molecule has 0 aromatic rings. The molecule has 0 N–H and O–H groups in total. The molecular formula is C7H11N. The van der Waals surface area contributed by atoms with Gasteiger partial charge in [-0.15, -0.1) is 0 Å². The van der Waals surface area contributed by atoms with Gasteiger partial charge in [-0.2, -0.15) is 0 Å². The summed E-state index contributed by atoms with van der Waals surface area (Å²) in [5.74, 6) is 0. The van der Waals surface area contributed by atoms with E-state index in [1.165, 1.54) is 6.54 Å². The average molecular weight is 109 g/mol. The number of nitrogens with zero attached hydrogens (tertiary/aromatic N) is 1. The van der Waals surface area contributed by atoms with Crippen LogP contribution in [0.2, 0.25) is 0 Å². The summed E-state index contributed by atoms with van der Waals surface area (Å²) in [6.45, 7) is 5.82. The minimum Gasteiger partial charge on any atom is -0.286 e. The third-order valence-corrected chi connectivity index (χ3v) is 2.13. The van der Waals surface area contributed by atoms with Crippen LogP contribution in [0.25, 0.3) is 0 Å². The Kier molecular flexibility index (Phi) is 0.575. The van der Waals surface area contributed by atoms with Gasteiger partial charge < -0.3 is 0 Å². The lowest BCUT2D eigenvalue weighted by atomic mass is 10.3. The molecule has 1 heteroatoms. The first-order valence-corrected chi connectivity index (χ1v) is 3.19. The van der Waals surface area contributed by atoms with Gasteiger partial charge in [0.15, 0.2) is 0 Å². The van der Waals surface area contributed by atoms with E-state index >= 15 is 0 Å². The molecule has 1 aliphatic heterocycles. The van der Waals surface area contributed by atoms with E-state index in [2.05, 4.69) is 30.9 Å². The molecule has 0 spiro atoms. The van der Waals surface area contributed by atoms with Crippen LogP contribution in [0.1, 0.15) is 13.8 Å². The second-order valence-electron chi connectivity index (χ2n) is 3.06. The van der Waals surface area contributed by atoms with Crippen LogP contribution in [0.4, 0.5) is 0 Å². The summed E-state index contributed by atoms with van der Waals surface area (Å²) in [6.07, 6.45) is 4.52. The van der Waals surface area contributed by atoms with E-state index in [4.69, 9.17) is 0 Å². The van der Waals surface area contributed by atoms with Crippen molar-refractivity contribution >= 4 is 0 Å². The van der Waals surface area contributed by atoms with E-state index in [1.807, 2.05) is 0 Å². The van der Waals surface area contributed by atoms with Crippen molar-refractivity contribution in [3.05, 3.63) is 12.2 Å². The van der Waals surface area contributed by atoms with Gasteiger partial charge in [-0.25, -0.2) is 0 Å². The van der Waals surface area contributed by atoms with Gasteiger partial charge in [0.2, 0.25) is 0 Å². The van der Waals surface area contributed by atoms with Crippen molar-refractivity contribution in [3.8, 4) is 0 Å². The smallest absolute Gasteiger partial charge is 0.0551 e. The van der Waals surface area contributed by atoms with Gasteiger partial charge in [0.25, 0.3) is 0 Å². The Morgan fingerprint density at radius 3 is 2.25 bits per heavy atom. The summed E-state index contributed by atoms with van der Waals surface area (Å²) < 4.78 is 0. The lowest BCUT2D eigenvalue weighted by molar-refractivity contribution is 0.417. The van der Waals surface area contributed by atoms with Crippen LogP contribution in [0.5, 0.6) is 0 Å². The normalized spacial score (nSPS) is 46.8. The molecule has 2 aliphatic rings. The van der Waals surface area contributed by atoms with Crippen molar-refractivity contribution < 1.29 is 0 Å². The molecule has 0 amide bonds. The fourth-order valence-corrected chi connectivity index (χ4v) is 1.22. The van der Waals surface area contributed by atoms with Gasteiger partial charge >= 0.3 is 0 Å². The van der Waals surface area contributed by atoms with Gasteiger partial charge in [0, 0.05) is 12.6 Å². The van der Waals surface area contributed by atoms with Crippen LogP contribution in [-0.2, 0) is 0 Å². The van der Waals surface area contributed by atoms with Crippen LogP contribution >= 0.6 is 0 Å². The molecule has 0 bridgehead atoms. The second-order valence-corrected chi connectivity index (χ2v) is 3.06. The molecule has 0 aromatic carbocycles. The molecule has 2 unspecified atom stereocenters. The Morgan fingerprint density at radius 2 is 2.12 bits per heavy atom. The minimum atomic E-state index is 0.416. The Hall–Kier alpha value is -0.300. The summed E-state index contributed by atoms with van der Waals surface area (Å²) in [5.41, 5.74) is 0.416. The van der Waals surface area contributed by atoms with Gasteiger partial charge in [0.05, 0.1) is 5.54 Å². The summed E-state index contributed by atoms with van der Waals surface area (Å²) in [5, 5.41) is 0. The molecule has 1 saturated heterocycles. The Bertz CT molecular complexity index is 142. The first kappa shape index (κ1) is 4.57. The molecule has 1 fully saturated rings. The highest BCUT2D eigenvalue weighted by molar-refractivity contribution is 5.35. The first-order chi connectivity index (χ1) is 3.72. The topological polar surface area (TPSA) is 3.01 Å². The maximum absolute atomic E-state index is 2.48. The Morgan fingerprint density at radius 1 is 1.62 bits per heavy atom. The fraction of sp³-hybridized carbons (Fsp3) is 0.714. The van der Waals surface area contributed by atoms with E-state index in [9.17, 15) is 0 Å². The zero-order valence-corrected chi connectivity index (χ0v) is 5.39. The average Bonchev–Trinajstić information content (AvgIpc) is 2.47. The molecule has 0 aromatic heterocycles. The van der Waals surface area contributed by atoms with Crippen molar-refractivity contribution in [1.82, 2.24) is 4.90 Å². The van der Waals surface area contributed by atoms with Crippen LogP contribution in [0, 0.1) is 0 Å². The van der Waals surface area contributed by atoms with Crippen molar-refractivity contribution in [2.24, 2.45) is 0 Å². The molecule has 44 valence electrons. The van der Waals surface area contributed by atoms with Gasteiger partial charge in [-0.1, -0.05) is 12.2 Å². The summed E-state index contributed by atoms with van der Waals surface area (Å²) in [7, 11) is 0. The molecule has 1 aliphatic carbocycles. The second kappa shape index (κ2) is 1.01. The maximum atomic E-state index is 2.48. The molecule has 0 radical (unpaired) electrons. The lowest BCUT2D eigenvalue weighted by Crippen LogP contribution is -2.18. The molecule has 2 rings (SSSR count). The quantitative estimate of drug-likeness (QED) is 0.359. The van der Waals surface area contributed by atoms with Crippen LogP contribution in [-0.4, -0.2) is 23.0 Å². The van der Waals surface area contributed by atoms with E-state index < -0.39 is 0 Å². The predicted molar refractivity (Wildman–Crippen MR) is 33.7 cm³/mol. The largest absolute Gasteiger partial charge is 0.286 e. The molecule has 1 heterocycles. The Balaban J connectivity index is 2.01. The van der Waals surface area contributed by atoms with Crippen molar-refractivity contribution in [2.45, 2.75) is 25.4 Å². The van der Waals surface area contributed by atoms with Crippen LogP contribution < -0.4 is 0 Å². The van der Waals surface area contributed by atoms with Crippen molar-refractivity contribution in [1.29, 1.82) is 0 Å². The molecule has 2 atom stereocenters. The zero-order chi connectivity index (χ0) is 5.78. The third-order valence-electron chi connectivity index (χ3n) is 2.13. The van der Waals surface area contributed by atoms with Gasteiger partial charge in [0.1, 0.15) is 0 Å². The van der Waals surface area contributed by atoms with E-state index in [-0.39, 0.29) is 0 Å². The summed E-state index contributed by atoms with van der Waals surface area (Å²) >= 11 is 0.